The van der Waals surface area contributed by atoms with Gasteiger partial charge in [-0.3, -0.25) is 0 Å². The van der Waals surface area contributed by atoms with Gasteiger partial charge in [0.2, 0.25) is 0 Å². The summed E-state index contributed by atoms with van der Waals surface area (Å²) in [6.07, 6.45) is 0. The molecular weight excluding hydrogens is 220 g/mol. The Labute approximate surface area is 81.0 Å². The number of rotatable bonds is 0. The van der Waals surface area contributed by atoms with Crippen LogP contribution in [0, 0.1) is 6.92 Å². The molecule has 0 aliphatic rings. The van der Waals surface area contributed by atoms with Crippen LogP contribution in [-0.4, -0.2) is 16.8 Å². The highest BCUT2D eigenvalue weighted by atomic mass is 79.9. The number of halogens is 1. The quantitative estimate of drug-likeness (QED) is 0.722. The normalized spacial score (nSPS) is 8.67. The molecule has 1 aromatic carbocycles. The lowest BCUT2D eigenvalue weighted by molar-refractivity contribution is 0.318. The van der Waals surface area contributed by atoms with Crippen molar-refractivity contribution < 1.29 is 10.2 Å². The van der Waals surface area contributed by atoms with E-state index in [1.165, 1.54) is 0 Å². The Morgan fingerprint density at radius 1 is 1.42 bits per heavy atom. The van der Waals surface area contributed by atoms with E-state index in [0.717, 1.165) is 10.0 Å². The lowest BCUT2D eigenvalue weighted by Gasteiger charge is -1.97. The molecule has 0 unspecified atom stereocenters. The average Bonchev–Trinajstić information content (AvgIpc) is 2.02. The first-order valence-electron chi connectivity index (χ1n) is 3.68. The number of benzene rings is 1. The Bertz CT molecular complexity index is 216. The fraction of sp³-hybridized carbons (Fsp3) is 0.333. The van der Waals surface area contributed by atoms with Gasteiger partial charge in [0.05, 0.1) is 0 Å². The summed E-state index contributed by atoms with van der Waals surface area (Å²) in [5, 5.41) is 16.6. The molecule has 3 heteroatoms. The van der Waals surface area contributed by atoms with Crippen LogP contribution in [0.1, 0.15) is 12.5 Å². The standard InChI is InChI=1S/C7H7BrO.C2H6O/c1-5-6(8)3-2-4-7(5)9;1-2-3/h2-4,9H,1H3;3H,2H2,1H3. The van der Waals surface area contributed by atoms with E-state index in [4.69, 9.17) is 10.2 Å². The summed E-state index contributed by atoms with van der Waals surface area (Å²) in [6.45, 7) is 3.79. The van der Waals surface area contributed by atoms with Crippen LogP contribution in [0.4, 0.5) is 0 Å². The van der Waals surface area contributed by atoms with Gasteiger partial charge in [0.25, 0.3) is 0 Å². The highest BCUT2D eigenvalue weighted by Crippen LogP contribution is 2.23. The fourth-order valence-electron chi connectivity index (χ4n) is 0.596. The molecule has 0 saturated carbocycles. The van der Waals surface area contributed by atoms with Crippen LogP contribution in [0.3, 0.4) is 0 Å². The van der Waals surface area contributed by atoms with Crippen molar-refractivity contribution in [3.05, 3.63) is 28.2 Å². The summed E-state index contributed by atoms with van der Waals surface area (Å²) < 4.78 is 0.947. The molecule has 1 rings (SSSR count). The van der Waals surface area contributed by atoms with E-state index in [9.17, 15) is 0 Å². The third-order valence-corrected chi connectivity index (χ3v) is 2.10. The van der Waals surface area contributed by atoms with Gasteiger partial charge >= 0.3 is 0 Å². The third-order valence-electron chi connectivity index (χ3n) is 1.24. The zero-order valence-corrected chi connectivity index (χ0v) is 8.80. The van der Waals surface area contributed by atoms with Crippen molar-refractivity contribution in [3.63, 3.8) is 0 Å². The second kappa shape index (κ2) is 6.03. The maximum atomic E-state index is 9.07. The van der Waals surface area contributed by atoms with E-state index in [-0.39, 0.29) is 6.61 Å². The van der Waals surface area contributed by atoms with Gasteiger partial charge in [-0.15, -0.1) is 0 Å². The topological polar surface area (TPSA) is 40.5 Å². The molecule has 0 saturated heterocycles. The molecule has 0 aliphatic carbocycles. The van der Waals surface area contributed by atoms with E-state index in [1.807, 2.05) is 13.0 Å². The number of aromatic hydroxyl groups is 1. The van der Waals surface area contributed by atoms with Gasteiger partial charge in [0, 0.05) is 16.6 Å². The monoisotopic (exact) mass is 232 g/mol. The van der Waals surface area contributed by atoms with Gasteiger partial charge < -0.3 is 10.2 Å². The molecule has 0 aromatic heterocycles. The Balaban J connectivity index is 0.000000354. The van der Waals surface area contributed by atoms with Crippen LogP contribution in [0.15, 0.2) is 22.7 Å². The predicted molar refractivity (Wildman–Crippen MR) is 53.3 cm³/mol. The highest BCUT2D eigenvalue weighted by molar-refractivity contribution is 9.10. The molecule has 12 heavy (non-hydrogen) atoms. The summed E-state index contributed by atoms with van der Waals surface area (Å²) >= 11 is 3.29. The zero-order valence-electron chi connectivity index (χ0n) is 7.21. The second-order valence-electron chi connectivity index (χ2n) is 2.20. The Kier molecular flexibility index (Phi) is 5.76. The molecule has 0 bridgehead atoms. The lowest BCUT2D eigenvalue weighted by Crippen LogP contribution is -1.74. The maximum absolute atomic E-state index is 9.07. The highest BCUT2D eigenvalue weighted by Gasteiger charge is 1.96. The minimum atomic E-state index is 0.250. The average molecular weight is 233 g/mol. The second-order valence-corrected chi connectivity index (χ2v) is 3.05. The van der Waals surface area contributed by atoms with Gasteiger partial charge in [-0.05, 0) is 26.0 Å². The first-order chi connectivity index (χ1) is 5.63. The van der Waals surface area contributed by atoms with Crippen molar-refractivity contribution in [2.24, 2.45) is 0 Å². The Morgan fingerprint density at radius 3 is 2.25 bits per heavy atom. The van der Waals surface area contributed by atoms with Crippen LogP contribution in [-0.2, 0) is 0 Å². The molecular formula is C9H13BrO2. The van der Waals surface area contributed by atoms with Crippen LogP contribution >= 0.6 is 15.9 Å². The molecule has 2 nitrogen and oxygen atoms in total. The van der Waals surface area contributed by atoms with Gasteiger partial charge in [0.1, 0.15) is 5.75 Å². The van der Waals surface area contributed by atoms with Crippen LogP contribution in [0.2, 0.25) is 0 Å². The van der Waals surface area contributed by atoms with Gasteiger partial charge in [0.15, 0.2) is 0 Å². The molecule has 68 valence electrons. The maximum Gasteiger partial charge on any atom is 0.119 e. The molecule has 0 heterocycles. The number of phenols is 1. The van der Waals surface area contributed by atoms with Gasteiger partial charge in [-0.1, -0.05) is 22.0 Å². The van der Waals surface area contributed by atoms with Crippen molar-refractivity contribution in [2.75, 3.05) is 6.61 Å². The summed E-state index contributed by atoms with van der Waals surface area (Å²) in [6, 6.07) is 5.36. The molecule has 0 spiro atoms. The number of hydrogen-bond donors (Lipinski definition) is 2. The SMILES string of the molecule is CCO.Cc1c(O)cccc1Br. The third kappa shape index (κ3) is 3.74. The molecule has 0 fully saturated rings. The number of hydrogen-bond acceptors (Lipinski definition) is 2. The molecule has 1 aromatic rings. The van der Waals surface area contributed by atoms with Crippen molar-refractivity contribution in [2.45, 2.75) is 13.8 Å². The predicted octanol–water partition coefficient (Wildman–Crippen LogP) is 2.46. The molecule has 2 N–H and O–H groups in total. The summed E-state index contributed by atoms with van der Waals surface area (Å²) in [4.78, 5) is 0. The number of aliphatic hydroxyl groups excluding tert-OH is 1. The van der Waals surface area contributed by atoms with E-state index in [1.54, 1.807) is 19.1 Å². The first-order valence-corrected chi connectivity index (χ1v) is 4.47. The van der Waals surface area contributed by atoms with Crippen LogP contribution in [0.25, 0.3) is 0 Å². The largest absolute Gasteiger partial charge is 0.508 e. The molecule has 0 aliphatic heterocycles. The van der Waals surface area contributed by atoms with Gasteiger partial charge in [-0.2, -0.15) is 0 Å². The minimum absolute atomic E-state index is 0.250. The smallest absolute Gasteiger partial charge is 0.119 e. The van der Waals surface area contributed by atoms with E-state index >= 15 is 0 Å². The number of phenolic OH excluding ortho intramolecular Hbond substituents is 1. The van der Waals surface area contributed by atoms with Gasteiger partial charge in [-0.25, -0.2) is 0 Å². The van der Waals surface area contributed by atoms with E-state index in [2.05, 4.69) is 15.9 Å². The minimum Gasteiger partial charge on any atom is -0.508 e. The Hall–Kier alpha value is -0.540. The molecule has 0 atom stereocenters. The first kappa shape index (κ1) is 11.5. The summed E-state index contributed by atoms with van der Waals surface area (Å²) in [7, 11) is 0. The fourth-order valence-corrected chi connectivity index (χ4v) is 0.952. The van der Waals surface area contributed by atoms with Crippen LogP contribution in [0.5, 0.6) is 5.75 Å². The molecule has 0 amide bonds. The summed E-state index contributed by atoms with van der Waals surface area (Å²) in [5.74, 6) is 0.337. The number of aliphatic hydroxyl groups is 1. The van der Waals surface area contributed by atoms with E-state index < -0.39 is 0 Å². The summed E-state index contributed by atoms with van der Waals surface area (Å²) in [5.41, 5.74) is 0.887. The Morgan fingerprint density at radius 2 is 1.92 bits per heavy atom. The van der Waals surface area contributed by atoms with Crippen molar-refractivity contribution in [3.8, 4) is 5.75 Å². The van der Waals surface area contributed by atoms with Crippen LogP contribution < -0.4 is 0 Å². The zero-order chi connectivity index (χ0) is 9.56. The van der Waals surface area contributed by atoms with Crippen molar-refractivity contribution in [1.29, 1.82) is 0 Å². The van der Waals surface area contributed by atoms with E-state index in [0.29, 0.717) is 5.75 Å². The lowest BCUT2D eigenvalue weighted by atomic mass is 10.2. The van der Waals surface area contributed by atoms with Crippen molar-refractivity contribution in [1.82, 2.24) is 0 Å². The molecule has 0 radical (unpaired) electrons. The van der Waals surface area contributed by atoms with Crippen molar-refractivity contribution >= 4 is 15.9 Å².